The van der Waals surface area contributed by atoms with Gasteiger partial charge in [0.25, 0.3) is 0 Å². The Labute approximate surface area is 220 Å². The van der Waals surface area contributed by atoms with Crippen LogP contribution in [0.2, 0.25) is 0 Å². The summed E-state index contributed by atoms with van der Waals surface area (Å²) in [5.41, 5.74) is 4.20. The van der Waals surface area contributed by atoms with Gasteiger partial charge in [-0.05, 0) is 76.5 Å². The summed E-state index contributed by atoms with van der Waals surface area (Å²) >= 11 is 0. The molecule has 0 radical (unpaired) electrons. The van der Waals surface area contributed by atoms with Crippen molar-refractivity contribution in [2.24, 2.45) is 0 Å². The smallest absolute Gasteiger partial charge is 0.178 e. The molecule has 0 saturated carbocycles. The van der Waals surface area contributed by atoms with Crippen LogP contribution in [-0.4, -0.2) is 64.2 Å². The van der Waals surface area contributed by atoms with Crippen LogP contribution < -0.4 is 9.64 Å². The quantitative estimate of drug-likeness (QED) is 0.386. The largest absolute Gasteiger partial charge is 0.486 e. The van der Waals surface area contributed by atoms with Crippen molar-refractivity contribution >= 4 is 16.6 Å². The number of aromatic nitrogens is 4. The highest BCUT2D eigenvalue weighted by atomic mass is 19.1. The van der Waals surface area contributed by atoms with E-state index in [1.165, 1.54) is 11.6 Å². The van der Waals surface area contributed by atoms with E-state index in [1.807, 2.05) is 32.3 Å². The Balaban J connectivity index is 1.33. The van der Waals surface area contributed by atoms with Crippen LogP contribution in [0.4, 0.5) is 14.5 Å². The van der Waals surface area contributed by atoms with Crippen molar-refractivity contribution in [2.75, 3.05) is 38.2 Å². The molecule has 4 aromatic rings. The second-order valence-electron chi connectivity index (χ2n) is 10.6. The van der Waals surface area contributed by atoms with Crippen LogP contribution in [0.25, 0.3) is 22.2 Å². The molecule has 38 heavy (non-hydrogen) atoms. The molecular weight excluding hydrogens is 486 g/mol. The number of fused-ring (bicyclic) bond motifs is 2. The molecule has 0 unspecified atom stereocenters. The van der Waals surface area contributed by atoms with Crippen LogP contribution in [0, 0.1) is 11.6 Å². The molecule has 2 aliphatic heterocycles. The predicted octanol–water partition coefficient (Wildman–Crippen LogP) is 5.31. The lowest BCUT2D eigenvalue weighted by atomic mass is 9.89. The summed E-state index contributed by atoms with van der Waals surface area (Å²) < 4.78 is 35.6. The Kier molecular flexibility index (Phi) is 6.47. The Bertz CT molecular complexity index is 1480. The zero-order valence-electron chi connectivity index (χ0n) is 22.0. The van der Waals surface area contributed by atoms with Gasteiger partial charge in [0.15, 0.2) is 17.4 Å². The molecular formula is C29H32F2N6O. The van der Waals surface area contributed by atoms with Gasteiger partial charge in [-0.15, -0.1) is 0 Å². The van der Waals surface area contributed by atoms with E-state index in [2.05, 4.69) is 31.8 Å². The zero-order chi connectivity index (χ0) is 26.4. The molecule has 6 rings (SSSR count). The fraction of sp³-hybridized carbons (Fsp3) is 0.414. The number of ether oxygens (including phenoxy) is 1. The summed E-state index contributed by atoms with van der Waals surface area (Å²) in [4.78, 5) is 21.4. The molecule has 0 amide bonds. The van der Waals surface area contributed by atoms with E-state index in [0.717, 1.165) is 48.7 Å². The third-order valence-electron chi connectivity index (χ3n) is 7.79. The molecule has 0 spiro atoms. The first-order valence-corrected chi connectivity index (χ1v) is 13.3. The van der Waals surface area contributed by atoms with Crippen LogP contribution in [0.5, 0.6) is 5.75 Å². The first kappa shape index (κ1) is 24.7. The summed E-state index contributed by atoms with van der Waals surface area (Å²) in [6, 6.07) is 5.22. The lowest BCUT2D eigenvalue weighted by molar-refractivity contribution is 0.255. The summed E-state index contributed by atoms with van der Waals surface area (Å²) in [6.07, 6.45) is 7.61. The van der Waals surface area contributed by atoms with Crippen molar-refractivity contribution in [3.8, 4) is 17.0 Å². The van der Waals surface area contributed by atoms with Gasteiger partial charge in [-0.2, -0.15) is 0 Å². The first-order valence-electron chi connectivity index (χ1n) is 13.3. The molecule has 1 saturated heterocycles. The number of anilines is 1. The van der Waals surface area contributed by atoms with Gasteiger partial charge in [-0.3, -0.25) is 4.98 Å². The monoisotopic (exact) mass is 518 g/mol. The van der Waals surface area contributed by atoms with E-state index >= 15 is 4.39 Å². The average molecular weight is 519 g/mol. The summed E-state index contributed by atoms with van der Waals surface area (Å²) in [5.74, 6) is -0.0255. The number of nitrogens with one attached hydrogen (secondary N) is 1. The maximum absolute atomic E-state index is 15.1. The molecule has 198 valence electrons. The molecule has 7 nitrogen and oxygen atoms in total. The summed E-state index contributed by atoms with van der Waals surface area (Å²) in [6.45, 7) is 7.27. The zero-order valence-corrected chi connectivity index (χ0v) is 22.0. The van der Waals surface area contributed by atoms with Crippen LogP contribution >= 0.6 is 0 Å². The van der Waals surface area contributed by atoms with E-state index in [0.29, 0.717) is 42.6 Å². The number of H-pyrrole nitrogens is 1. The molecule has 0 atom stereocenters. The van der Waals surface area contributed by atoms with Crippen molar-refractivity contribution in [3.63, 3.8) is 0 Å². The fourth-order valence-corrected chi connectivity index (χ4v) is 5.72. The molecule has 5 heterocycles. The number of nitrogens with zero attached hydrogens (tertiary/aromatic N) is 5. The van der Waals surface area contributed by atoms with Gasteiger partial charge in [0.2, 0.25) is 0 Å². The third kappa shape index (κ3) is 4.49. The Morgan fingerprint density at radius 1 is 1.08 bits per heavy atom. The number of aromatic amines is 1. The minimum Gasteiger partial charge on any atom is -0.486 e. The van der Waals surface area contributed by atoms with Crippen LogP contribution in [0.1, 0.15) is 49.7 Å². The molecule has 3 aromatic heterocycles. The first-order chi connectivity index (χ1) is 18.4. The highest BCUT2D eigenvalue weighted by Gasteiger charge is 2.26. The van der Waals surface area contributed by atoms with Crippen LogP contribution in [0.15, 0.2) is 36.8 Å². The second-order valence-corrected chi connectivity index (χ2v) is 10.6. The number of hydrogen-bond acceptors (Lipinski definition) is 6. The Morgan fingerprint density at radius 3 is 2.68 bits per heavy atom. The molecule has 1 fully saturated rings. The van der Waals surface area contributed by atoms with Crippen molar-refractivity contribution < 1.29 is 13.5 Å². The van der Waals surface area contributed by atoms with E-state index in [4.69, 9.17) is 9.72 Å². The minimum absolute atomic E-state index is 0.0687. The summed E-state index contributed by atoms with van der Waals surface area (Å²) in [7, 11) is 2.16. The van der Waals surface area contributed by atoms with Gasteiger partial charge in [-0.1, -0.05) is 0 Å². The van der Waals surface area contributed by atoms with Crippen LogP contribution in [-0.2, 0) is 6.42 Å². The maximum Gasteiger partial charge on any atom is 0.178 e. The fourth-order valence-electron chi connectivity index (χ4n) is 5.72. The van der Waals surface area contributed by atoms with Gasteiger partial charge >= 0.3 is 0 Å². The number of likely N-dealkylation sites (tertiary alicyclic amines) is 1. The normalized spacial score (nSPS) is 16.7. The number of benzene rings is 1. The van der Waals surface area contributed by atoms with Gasteiger partial charge in [0, 0.05) is 29.4 Å². The van der Waals surface area contributed by atoms with Crippen molar-refractivity contribution in [3.05, 3.63) is 65.5 Å². The van der Waals surface area contributed by atoms with E-state index in [1.54, 1.807) is 6.07 Å². The third-order valence-corrected chi connectivity index (χ3v) is 7.79. The lowest BCUT2D eigenvalue weighted by Crippen LogP contribution is -2.38. The Hall–Kier alpha value is -3.59. The molecule has 0 bridgehead atoms. The maximum atomic E-state index is 15.1. The molecule has 0 aliphatic carbocycles. The number of pyridine rings is 1. The number of halogens is 2. The van der Waals surface area contributed by atoms with E-state index < -0.39 is 11.6 Å². The molecule has 9 heteroatoms. The van der Waals surface area contributed by atoms with Gasteiger partial charge < -0.3 is 19.5 Å². The van der Waals surface area contributed by atoms with Crippen LogP contribution in [0.3, 0.4) is 0 Å². The second kappa shape index (κ2) is 9.94. The highest BCUT2D eigenvalue weighted by Crippen LogP contribution is 2.39. The van der Waals surface area contributed by atoms with Crippen molar-refractivity contribution in [2.45, 2.75) is 45.1 Å². The SMILES string of the molecule is CC(C)N1CCOc2c(F)cc(-c3nc(Cc4ncc(C5CCN(C)CC5)c5[nH]ccc45)ncc3F)cc21. The lowest BCUT2D eigenvalue weighted by Gasteiger charge is -2.34. The van der Waals surface area contributed by atoms with Gasteiger partial charge in [-0.25, -0.2) is 18.7 Å². The van der Waals surface area contributed by atoms with Crippen molar-refractivity contribution in [1.82, 2.24) is 24.8 Å². The summed E-state index contributed by atoms with van der Waals surface area (Å²) in [5, 5.41) is 1.03. The Morgan fingerprint density at radius 2 is 1.89 bits per heavy atom. The molecule has 2 aliphatic rings. The van der Waals surface area contributed by atoms with Gasteiger partial charge in [0.1, 0.15) is 18.1 Å². The topological polar surface area (TPSA) is 70.2 Å². The number of rotatable bonds is 5. The van der Waals surface area contributed by atoms with E-state index in [9.17, 15) is 4.39 Å². The number of hydrogen-bond donors (Lipinski definition) is 1. The average Bonchev–Trinajstić information content (AvgIpc) is 3.41. The standard InChI is InChI=1S/C29H32F2N6O/c1-17(2)37-10-11-38-29-22(30)12-19(13-25(29)37)27-23(31)16-34-26(35-27)14-24-20-4-7-32-28(20)21(15-33-24)18-5-8-36(3)9-6-18/h4,7,12-13,15-18,32H,5-6,8-11,14H2,1-3H3. The van der Waals surface area contributed by atoms with Crippen molar-refractivity contribution in [1.29, 1.82) is 0 Å². The van der Waals surface area contributed by atoms with E-state index in [-0.39, 0.29) is 17.5 Å². The highest BCUT2D eigenvalue weighted by molar-refractivity contribution is 5.85. The predicted molar refractivity (Wildman–Crippen MR) is 144 cm³/mol. The number of piperidine rings is 1. The molecule has 1 aromatic carbocycles. The molecule has 1 N–H and O–H groups in total. The minimum atomic E-state index is -0.599. The van der Waals surface area contributed by atoms with Gasteiger partial charge in [0.05, 0.1) is 36.1 Å².